The Bertz CT molecular complexity index is 127. The normalized spacial score (nSPS) is 57.6. The van der Waals surface area contributed by atoms with Crippen molar-refractivity contribution in [2.75, 3.05) is 0 Å². The average Bonchev–Trinajstić information content (AvgIpc) is 2.43. The molecule has 4 rings (SSSR count). The fraction of sp³-hybridized carbons (Fsp3) is 0.900. The summed E-state index contributed by atoms with van der Waals surface area (Å²) in [5, 5.41) is 0. The Morgan fingerprint density at radius 2 is 1.90 bits per heavy atom. The summed E-state index contributed by atoms with van der Waals surface area (Å²) < 4.78 is 0. The highest BCUT2D eigenvalue weighted by molar-refractivity contribution is 5.13. The van der Waals surface area contributed by atoms with E-state index < -0.39 is 0 Å². The van der Waals surface area contributed by atoms with Crippen LogP contribution in [0.15, 0.2) is 0 Å². The highest BCUT2D eigenvalue weighted by atomic mass is 14.6. The van der Waals surface area contributed by atoms with Gasteiger partial charge >= 0.3 is 0 Å². The van der Waals surface area contributed by atoms with Crippen molar-refractivity contribution in [3.8, 4) is 0 Å². The summed E-state index contributed by atoms with van der Waals surface area (Å²) in [6.07, 6.45) is 10.3. The van der Waals surface area contributed by atoms with Crippen molar-refractivity contribution < 1.29 is 0 Å². The predicted octanol–water partition coefficient (Wildman–Crippen LogP) is 2.65. The Morgan fingerprint density at radius 1 is 1.00 bits per heavy atom. The summed E-state index contributed by atoms with van der Waals surface area (Å²) in [6, 6.07) is 0. The second-order valence-electron chi connectivity index (χ2n) is 4.38. The van der Waals surface area contributed by atoms with E-state index in [1.807, 2.05) is 0 Å². The van der Waals surface area contributed by atoms with Crippen LogP contribution in [-0.4, -0.2) is 0 Å². The Kier molecular flexibility index (Phi) is 1.00. The lowest BCUT2D eigenvalue weighted by Gasteiger charge is -2.17. The molecule has 55 valence electrons. The van der Waals surface area contributed by atoms with E-state index >= 15 is 0 Å². The van der Waals surface area contributed by atoms with Gasteiger partial charge in [0.05, 0.1) is 0 Å². The second kappa shape index (κ2) is 1.78. The molecule has 4 aliphatic carbocycles. The van der Waals surface area contributed by atoms with Crippen molar-refractivity contribution in [3.63, 3.8) is 0 Å². The lowest BCUT2D eigenvalue weighted by atomic mass is 9.89. The smallest absolute Gasteiger partial charge is 0.0318 e. The van der Waals surface area contributed by atoms with Gasteiger partial charge in [0, 0.05) is 0 Å². The molecular formula is C10H15. The van der Waals surface area contributed by atoms with Crippen LogP contribution in [-0.2, 0) is 0 Å². The molecule has 10 heavy (non-hydrogen) atoms. The molecule has 0 saturated heterocycles. The zero-order chi connectivity index (χ0) is 6.55. The van der Waals surface area contributed by atoms with Gasteiger partial charge in [0.2, 0.25) is 0 Å². The Balaban J connectivity index is 1.79. The molecule has 0 aromatic carbocycles. The largest absolute Gasteiger partial charge is 0.0530 e. The number of hydrogen-bond donors (Lipinski definition) is 0. The Hall–Kier alpha value is 0. The summed E-state index contributed by atoms with van der Waals surface area (Å²) in [5.74, 6) is 4.48. The quantitative estimate of drug-likeness (QED) is 0.479. The van der Waals surface area contributed by atoms with Gasteiger partial charge in [0.15, 0.2) is 0 Å². The second-order valence-corrected chi connectivity index (χ2v) is 4.38. The van der Waals surface area contributed by atoms with E-state index in [9.17, 15) is 0 Å². The first-order valence-corrected chi connectivity index (χ1v) is 4.80. The van der Waals surface area contributed by atoms with Crippen LogP contribution in [0.5, 0.6) is 0 Å². The van der Waals surface area contributed by atoms with Crippen LogP contribution in [0.4, 0.5) is 0 Å². The maximum absolute atomic E-state index is 2.68. The molecule has 0 aliphatic heterocycles. The summed E-state index contributed by atoms with van der Waals surface area (Å²) in [7, 11) is 0. The van der Waals surface area contributed by atoms with Crippen LogP contribution in [0.3, 0.4) is 0 Å². The summed E-state index contributed by atoms with van der Waals surface area (Å²) in [4.78, 5) is 0. The topological polar surface area (TPSA) is 0 Å². The standard InChI is InChI=1S/C10H15/c1-2-4-8-9-5-7(3-1)6-10(8)9/h5,7-10H,1-4,6H2. The first kappa shape index (κ1) is 5.62. The molecule has 4 bridgehead atoms. The number of hydrogen-bond acceptors (Lipinski definition) is 0. The fourth-order valence-corrected chi connectivity index (χ4v) is 3.24. The third-order valence-corrected chi connectivity index (χ3v) is 3.83. The lowest BCUT2D eigenvalue weighted by Crippen LogP contribution is -2.05. The van der Waals surface area contributed by atoms with E-state index in [1.54, 1.807) is 12.8 Å². The molecule has 0 spiro atoms. The van der Waals surface area contributed by atoms with Crippen molar-refractivity contribution in [2.24, 2.45) is 23.7 Å². The Morgan fingerprint density at radius 3 is 2.70 bits per heavy atom. The van der Waals surface area contributed by atoms with Gasteiger partial charge in [-0.05, 0) is 42.9 Å². The highest BCUT2D eigenvalue weighted by Crippen LogP contribution is 2.62. The maximum atomic E-state index is 2.68. The summed E-state index contributed by atoms with van der Waals surface area (Å²) in [5.41, 5.74) is 0. The van der Waals surface area contributed by atoms with Gasteiger partial charge in [-0.15, -0.1) is 0 Å². The van der Waals surface area contributed by atoms with E-state index in [0.717, 1.165) is 17.8 Å². The van der Waals surface area contributed by atoms with Gasteiger partial charge < -0.3 is 0 Å². The molecule has 4 unspecified atom stereocenters. The average molecular weight is 135 g/mol. The minimum atomic E-state index is 1.05. The number of fused-ring (bicyclic) bond motifs is 3. The van der Waals surface area contributed by atoms with E-state index in [2.05, 4.69) is 6.42 Å². The number of rotatable bonds is 0. The molecule has 0 aromatic rings. The highest BCUT2D eigenvalue weighted by Gasteiger charge is 2.55. The monoisotopic (exact) mass is 135 g/mol. The third-order valence-electron chi connectivity index (χ3n) is 3.83. The minimum absolute atomic E-state index is 1.05. The van der Waals surface area contributed by atoms with Gasteiger partial charge in [0.25, 0.3) is 0 Å². The van der Waals surface area contributed by atoms with Crippen LogP contribution >= 0.6 is 0 Å². The van der Waals surface area contributed by atoms with Crippen LogP contribution in [0.25, 0.3) is 0 Å². The van der Waals surface area contributed by atoms with Crippen LogP contribution in [0, 0.1) is 30.1 Å². The molecule has 4 atom stereocenters. The molecule has 0 aromatic heterocycles. The fourth-order valence-electron chi connectivity index (χ4n) is 3.24. The zero-order valence-corrected chi connectivity index (χ0v) is 6.42. The van der Waals surface area contributed by atoms with Crippen LogP contribution in [0.2, 0.25) is 0 Å². The van der Waals surface area contributed by atoms with Crippen molar-refractivity contribution in [1.29, 1.82) is 0 Å². The molecule has 4 fully saturated rings. The third kappa shape index (κ3) is 0.627. The van der Waals surface area contributed by atoms with Crippen LogP contribution in [0.1, 0.15) is 32.1 Å². The van der Waals surface area contributed by atoms with E-state index in [1.165, 1.54) is 25.2 Å². The van der Waals surface area contributed by atoms with Gasteiger partial charge in [-0.3, -0.25) is 0 Å². The minimum Gasteiger partial charge on any atom is -0.0530 e. The SMILES string of the molecule is [CH]1C2CCCCC3C1C3C2. The van der Waals surface area contributed by atoms with E-state index in [0.29, 0.717) is 0 Å². The molecule has 0 heterocycles. The first-order valence-electron chi connectivity index (χ1n) is 4.80. The predicted molar refractivity (Wildman–Crippen MR) is 41.3 cm³/mol. The van der Waals surface area contributed by atoms with Gasteiger partial charge in [-0.25, -0.2) is 0 Å². The molecular weight excluding hydrogens is 120 g/mol. The van der Waals surface area contributed by atoms with Gasteiger partial charge in [-0.1, -0.05) is 19.3 Å². The molecule has 0 N–H and O–H groups in total. The molecule has 0 heteroatoms. The molecule has 0 amide bonds. The molecule has 4 aliphatic rings. The van der Waals surface area contributed by atoms with Crippen molar-refractivity contribution in [3.05, 3.63) is 6.42 Å². The summed E-state index contributed by atoms with van der Waals surface area (Å²) >= 11 is 0. The van der Waals surface area contributed by atoms with Crippen LogP contribution < -0.4 is 0 Å². The zero-order valence-electron chi connectivity index (χ0n) is 6.42. The van der Waals surface area contributed by atoms with Crippen molar-refractivity contribution >= 4 is 0 Å². The van der Waals surface area contributed by atoms with E-state index in [-0.39, 0.29) is 0 Å². The molecule has 4 saturated carbocycles. The maximum Gasteiger partial charge on any atom is -0.0318 e. The van der Waals surface area contributed by atoms with Gasteiger partial charge in [0.1, 0.15) is 0 Å². The Labute approximate surface area is 63.0 Å². The van der Waals surface area contributed by atoms with Crippen molar-refractivity contribution in [2.45, 2.75) is 32.1 Å². The first-order chi connectivity index (χ1) is 4.95. The summed E-state index contributed by atoms with van der Waals surface area (Å²) in [6.45, 7) is 0. The molecule has 0 nitrogen and oxygen atoms in total. The van der Waals surface area contributed by atoms with E-state index in [4.69, 9.17) is 0 Å². The van der Waals surface area contributed by atoms with Crippen molar-refractivity contribution in [1.82, 2.24) is 0 Å². The molecule has 1 radical (unpaired) electrons. The lowest BCUT2D eigenvalue weighted by molar-refractivity contribution is 0.399. The van der Waals surface area contributed by atoms with Gasteiger partial charge in [-0.2, -0.15) is 0 Å².